The first kappa shape index (κ1) is 19.3. The molecule has 3 aromatic rings. The minimum Gasteiger partial charge on any atom is -0.471 e. The highest BCUT2D eigenvalue weighted by Crippen LogP contribution is 2.43. The maximum absolute atomic E-state index is 6.11. The lowest BCUT2D eigenvalue weighted by atomic mass is 10.2. The van der Waals surface area contributed by atoms with Gasteiger partial charge in [-0.25, -0.2) is 4.68 Å². The number of fused-ring (bicyclic) bond motifs is 1. The zero-order valence-corrected chi connectivity index (χ0v) is 17.8. The molecule has 1 aliphatic rings. The molecule has 0 radical (unpaired) electrons. The third-order valence-electron chi connectivity index (χ3n) is 5.46. The summed E-state index contributed by atoms with van der Waals surface area (Å²) >= 11 is 0. The number of rotatable bonds is 6. The van der Waals surface area contributed by atoms with Gasteiger partial charge in [0.15, 0.2) is 6.73 Å². The Morgan fingerprint density at radius 2 is 1.62 bits per heavy atom. The molecule has 6 heteroatoms. The first-order valence-corrected chi connectivity index (χ1v) is 10.2. The molecule has 0 bridgehead atoms. The van der Waals surface area contributed by atoms with Gasteiger partial charge in [0.1, 0.15) is 5.75 Å². The molecule has 1 atom stereocenters. The Bertz CT molecular complexity index is 966. The summed E-state index contributed by atoms with van der Waals surface area (Å²) in [4.78, 5) is 4.91. The van der Waals surface area contributed by atoms with E-state index in [0.717, 1.165) is 17.0 Å². The molecular weight excluding hydrogens is 362 g/mol. The summed E-state index contributed by atoms with van der Waals surface area (Å²) in [5.74, 6) is 0.835. The van der Waals surface area contributed by atoms with Crippen molar-refractivity contribution in [3.8, 4) is 17.0 Å². The van der Waals surface area contributed by atoms with E-state index in [-0.39, 0.29) is 0 Å². The van der Waals surface area contributed by atoms with E-state index in [1.807, 2.05) is 36.4 Å². The normalized spacial score (nSPS) is 16.0. The van der Waals surface area contributed by atoms with Crippen molar-refractivity contribution < 1.29 is 4.74 Å². The predicted octanol–water partition coefficient (Wildman–Crippen LogP) is 4.77. The average molecular weight is 392 g/mol. The zero-order chi connectivity index (χ0) is 20.5. The SMILES string of the molecule is CC(C)N1c2ccc(OCn3nncc3-c3ccccc3)cc2N(C(C)C)C1C. The van der Waals surface area contributed by atoms with Gasteiger partial charge in [0.2, 0.25) is 0 Å². The summed E-state index contributed by atoms with van der Waals surface area (Å²) in [5.41, 5.74) is 4.50. The molecule has 0 spiro atoms. The molecule has 0 saturated carbocycles. The van der Waals surface area contributed by atoms with E-state index in [1.54, 1.807) is 10.9 Å². The van der Waals surface area contributed by atoms with Gasteiger partial charge in [-0.3, -0.25) is 0 Å². The summed E-state index contributed by atoms with van der Waals surface area (Å²) in [6, 6.07) is 17.3. The molecule has 2 heterocycles. The first-order valence-electron chi connectivity index (χ1n) is 10.2. The molecule has 152 valence electrons. The van der Waals surface area contributed by atoms with Crippen LogP contribution in [0, 0.1) is 0 Å². The number of ether oxygens (including phenoxy) is 1. The van der Waals surface area contributed by atoms with Gasteiger partial charge < -0.3 is 14.5 Å². The number of aromatic nitrogens is 3. The summed E-state index contributed by atoms with van der Waals surface area (Å²) in [5, 5.41) is 8.25. The summed E-state index contributed by atoms with van der Waals surface area (Å²) in [7, 11) is 0. The van der Waals surface area contributed by atoms with Crippen LogP contribution >= 0.6 is 0 Å². The molecule has 0 amide bonds. The number of hydrogen-bond acceptors (Lipinski definition) is 5. The number of hydrogen-bond donors (Lipinski definition) is 0. The van der Waals surface area contributed by atoms with Crippen molar-refractivity contribution in [1.82, 2.24) is 15.0 Å². The first-order chi connectivity index (χ1) is 14.0. The molecule has 0 aliphatic carbocycles. The molecule has 29 heavy (non-hydrogen) atoms. The third kappa shape index (κ3) is 3.55. The van der Waals surface area contributed by atoms with E-state index < -0.39 is 0 Å². The van der Waals surface area contributed by atoms with Crippen LogP contribution in [0.25, 0.3) is 11.3 Å². The van der Waals surface area contributed by atoms with Gasteiger partial charge in [-0.05, 0) is 46.8 Å². The lowest BCUT2D eigenvalue weighted by Gasteiger charge is -2.35. The Balaban J connectivity index is 1.58. The van der Waals surface area contributed by atoms with Crippen LogP contribution in [0.2, 0.25) is 0 Å². The molecule has 0 N–H and O–H groups in total. The van der Waals surface area contributed by atoms with Gasteiger partial charge in [0.25, 0.3) is 0 Å². The molecule has 4 rings (SSSR count). The van der Waals surface area contributed by atoms with Crippen LogP contribution in [-0.2, 0) is 6.73 Å². The van der Waals surface area contributed by atoms with E-state index in [9.17, 15) is 0 Å². The highest BCUT2D eigenvalue weighted by molar-refractivity contribution is 5.79. The summed E-state index contributed by atoms with van der Waals surface area (Å²) in [6.45, 7) is 11.5. The molecule has 0 saturated heterocycles. The van der Waals surface area contributed by atoms with E-state index in [1.165, 1.54) is 11.4 Å². The van der Waals surface area contributed by atoms with Gasteiger partial charge in [-0.1, -0.05) is 35.5 Å². The van der Waals surface area contributed by atoms with Crippen molar-refractivity contribution >= 4 is 11.4 Å². The average Bonchev–Trinajstić information content (AvgIpc) is 3.28. The van der Waals surface area contributed by atoms with E-state index in [2.05, 4.69) is 66.9 Å². The Morgan fingerprint density at radius 3 is 2.31 bits per heavy atom. The van der Waals surface area contributed by atoms with E-state index in [4.69, 9.17) is 4.74 Å². The van der Waals surface area contributed by atoms with Crippen LogP contribution < -0.4 is 14.5 Å². The minimum atomic E-state index is 0.314. The monoisotopic (exact) mass is 391 g/mol. The topological polar surface area (TPSA) is 46.4 Å². The van der Waals surface area contributed by atoms with Gasteiger partial charge in [-0.15, -0.1) is 5.10 Å². The second kappa shape index (κ2) is 7.78. The minimum absolute atomic E-state index is 0.314. The molecule has 6 nitrogen and oxygen atoms in total. The number of anilines is 2. The van der Waals surface area contributed by atoms with E-state index >= 15 is 0 Å². The van der Waals surface area contributed by atoms with Crippen LogP contribution in [0.3, 0.4) is 0 Å². The van der Waals surface area contributed by atoms with Crippen LogP contribution in [0.15, 0.2) is 54.7 Å². The molecule has 1 aromatic heterocycles. The molecular formula is C23H29N5O. The fourth-order valence-corrected chi connectivity index (χ4v) is 4.30. The second-order valence-electron chi connectivity index (χ2n) is 8.04. The second-order valence-corrected chi connectivity index (χ2v) is 8.04. The van der Waals surface area contributed by atoms with Gasteiger partial charge in [0.05, 0.1) is 29.4 Å². The van der Waals surface area contributed by atoms with Crippen LogP contribution in [0.5, 0.6) is 5.75 Å². The summed E-state index contributed by atoms with van der Waals surface area (Å²) in [6.07, 6.45) is 2.09. The standard InChI is InChI=1S/C23H29N5O/c1-16(2)27-18(5)28(17(3)4)22-13-20(11-12-21(22)27)29-15-26-23(14-24-25-26)19-9-7-6-8-10-19/h6-14,16-18H,15H2,1-5H3. The van der Waals surface area contributed by atoms with Crippen molar-refractivity contribution in [2.24, 2.45) is 0 Å². The van der Waals surface area contributed by atoms with Crippen molar-refractivity contribution in [2.75, 3.05) is 9.80 Å². The fourth-order valence-electron chi connectivity index (χ4n) is 4.30. The Labute approximate surface area is 172 Å². The smallest absolute Gasteiger partial charge is 0.183 e. The quantitative estimate of drug-likeness (QED) is 0.606. The van der Waals surface area contributed by atoms with Crippen molar-refractivity contribution in [3.63, 3.8) is 0 Å². The van der Waals surface area contributed by atoms with Gasteiger partial charge in [-0.2, -0.15) is 0 Å². The third-order valence-corrected chi connectivity index (χ3v) is 5.46. The lowest BCUT2D eigenvalue weighted by Crippen LogP contribution is -2.47. The molecule has 0 fully saturated rings. The molecule has 2 aromatic carbocycles. The van der Waals surface area contributed by atoms with Crippen LogP contribution in [-0.4, -0.2) is 33.2 Å². The summed E-state index contributed by atoms with van der Waals surface area (Å²) < 4.78 is 7.90. The maximum Gasteiger partial charge on any atom is 0.183 e. The molecule has 1 aliphatic heterocycles. The Hall–Kier alpha value is -3.02. The number of benzene rings is 2. The highest BCUT2D eigenvalue weighted by Gasteiger charge is 2.35. The van der Waals surface area contributed by atoms with Crippen molar-refractivity contribution in [3.05, 3.63) is 54.7 Å². The maximum atomic E-state index is 6.11. The van der Waals surface area contributed by atoms with E-state index in [0.29, 0.717) is 25.0 Å². The van der Waals surface area contributed by atoms with Crippen LogP contribution in [0.4, 0.5) is 11.4 Å². The van der Waals surface area contributed by atoms with Crippen molar-refractivity contribution in [2.45, 2.75) is 59.6 Å². The number of nitrogens with zero attached hydrogens (tertiary/aromatic N) is 5. The fraction of sp³-hybridized carbons (Fsp3) is 0.391. The predicted molar refractivity (Wildman–Crippen MR) is 117 cm³/mol. The highest BCUT2D eigenvalue weighted by atomic mass is 16.5. The largest absolute Gasteiger partial charge is 0.471 e. The van der Waals surface area contributed by atoms with Gasteiger partial charge in [0, 0.05) is 23.7 Å². The Morgan fingerprint density at radius 1 is 0.931 bits per heavy atom. The van der Waals surface area contributed by atoms with Gasteiger partial charge >= 0.3 is 0 Å². The lowest BCUT2D eigenvalue weighted by molar-refractivity contribution is 0.220. The zero-order valence-electron chi connectivity index (χ0n) is 17.8. The Kier molecular flexibility index (Phi) is 5.18. The molecule has 1 unspecified atom stereocenters. The van der Waals surface area contributed by atoms with Crippen LogP contribution in [0.1, 0.15) is 34.6 Å². The van der Waals surface area contributed by atoms with Crippen molar-refractivity contribution in [1.29, 1.82) is 0 Å².